The second-order valence-electron chi connectivity index (χ2n) is 5.29. The first-order valence-electron chi connectivity index (χ1n) is 6.64. The van der Waals surface area contributed by atoms with Crippen LogP contribution < -0.4 is 0 Å². The minimum Gasteiger partial charge on any atom is -0.354 e. The van der Waals surface area contributed by atoms with Crippen LogP contribution in [0.3, 0.4) is 0 Å². The summed E-state index contributed by atoms with van der Waals surface area (Å²) in [5, 5.41) is 0. The molecule has 1 atom stereocenters. The minimum atomic E-state index is -0.329. The van der Waals surface area contributed by atoms with E-state index in [-0.39, 0.29) is 22.6 Å². The molecule has 2 rings (SSSR count). The smallest absolute Gasteiger partial charge is 0.236 e. The number of ether oxygens (including phenoxy) is 2. The van der Waals surface area contributed by atoms with Crippen LogP contribution in [0.4, 0.5) is 0 Å². The van der Waals surface area contributed by atoms with E-state index in [0.29, 0.717) is 6.54 Å². The molecular weight excluding hydrogens is 298 g/mol. The van der Waals surface area contributed by atoms with E-state index in [1.807, 2.05) is 4.90 Å². The molecule has 1 unspecified atom stereocenters. The lowest BCUT2D eigenvalue weighted by atomic mass is 9.72. The molecule has 0 aromatic carbocycles. The number of hydrogen-bond donors (Lipinski definition) is 0. The molecule has 1 saturated heterocycles. The normalized spacial score (nSPS) is 27.4. The molecule has 0 N–H and O–H groups in total. The summed E-state index contributed by atoms with van der Waals surface area (Å²) >= 11 is 3.51. The Hall–Kier alpha value is -0.130. The highest BCUT2D eigenvalue weighted by atomic mass is 79.9. The lowest BCUT2D eigenvalue weighted by Gasteiger charge is -2.50. The minimum absolute atomic E-state index is 0.0492. The van der Waals surface area contributed by atoms with E-state index in [9.17, 15) is 4.79 Å². The maximum Gasteiger partial charge on any atom is 0.236 e. The lowest BCUT2D eigenvalue weighted by Crippen LogP contribution is -2.58. The third kappa shape index (κ3) is 2.58. The van der Waals surface area contributed by atoms with E-state index < -0.39 is 0 Å². The molecule has 1 amide bonds. The van der Waals surface area contributed by atoms with Gasteiger partial charge in [-0.05, 0) is 38.5 Å². The van der Waals surface area contributed by atoms with Crippen molar-refractivity contribution < 1.29 is 14.3 Å². The predicted octanol–water partition coefficient (Wildman–Crippen LogP) is 2.30. The Kier molecular flexibility index (Phi) is 4.67. The zero-order chi connectivity index (χ0) is 13.2. The molecule has 1 saturated carbocycles. The molecule has 0 aromatic rings. The zero-order valence-corrected chi connectivity index (χ0v) is 12.7. The Morgan fingerprint density at radius 3 is 2.44 bits per heavy atom. The Morgan fingerprint density at radius 1 is 1.33 bits per heavy atom. The maximum absolute atomic E-state index is 12.5. The first-order chi connectivity index (χ1) is 8.63. The van der Waals surface area contributed by atoms with Crippen molar-refractivity contribution in [1.29, 1.82) is 0 Å². The molecule has 0 aromatic heterocycles. The van der Waals surface area contributed by atoms with Crippen LogP contribution in [0.2, 0.25) is 0 Å². The van der Waals surface area contributed by atoms with E-state index >= 15 is 0 Å². The van der Waals surface area contributed by atoms with E-state index in [0.717, 1.165) is 32.1 Å². The number of methoxy groups -OCH3 is 2. The average Bonchev–Trinajstić information content (AvgIpc) is 2.45. The summed E-state index contributed by atoms with van der Waals surface area (Å²) in [6, 6.07) is 0. The molecule has 4 nitrogen and oxygen atoms in total. The van der Waals surface area contributed by atoms with Gasteiger partial charge in [-0.3, -0.25) is 4.79 Å². The Bertz CT molecular complexity index is 303. The van der Waals surface area contributed by atoms with Crippen LogP contribution in [0.1, 0.15) is 38.5 Å². The summed E-state index contributed by atoms with van der Waals surface area (Å²) in [5.74, 6) is 0.200. The van der Waals surface area contributed by atoms with Gasteiger partial charge < -0.3 is 14.4 Å². The van der Waals surface area contributed by atoms with Gasteiger partial charge in [-0.25, -0.2) is 0 Å². The van der Waals surface area contributed by atoms with Gasteiger partial charge in [0.15, 0.2) is 6.29 Å². The van der Waals surface area contributed by atoms with Gasteiger partial charge in [0.1, 0.15) is 0 Å². The van der Waals surface area contributed by atoms with Gasteiger partial charge in [0.05, 0.1) is 11.4 Å². The lowest BCUT2D eigenvalue weighted by molar-refractivity contribution is -0.160. The fraction of sp³-hybridized carbons (Fsp3) is 0.923. The highest BCUT2D eigenvalue weighted by Gasteiger charge is 2.47. The molecule has 0 bridgehead atoms. The van der Waals surface area contributed by atoms with Gasteiger partial charge in [0.25, 0.3) is 0 Å². The predicted molar refractivity (Wildman–Crippen MR) is 72.7 cm³/mol. The monoisotopic (exact) mass is 319 g/mol. The van der Waals surface area contributed by atoms with Crippen molar-refractivity contribution >= 4 is 21.8 Å². The van der Waals surface area contributed by atoms with E-state index in [4.69, 9.17) is 9.47 Å². The van der Waals surface area contributed by atoms with Crippen molar-refractivity contribution in [2.24, 2.45) is 0 Å². The second-order valence-corrected chi connectivity index (χ2v) is 6.39. The summed E-state index contributed by atoms with van der Waals surface area (Å²) in [6.07, 6.45) is 6.30. The SMILES string of the molecule is COC(CN1C(=O)C(Br)CCCC12CCC2)OC. The van der Waals surface area contributed by atoms with Crippen LogP contribution in [0.25, 0.3) is 0 Å². The molecule has 104 valence electrons. The molecular formula is C13H22BrNO3. The zero-order valence-electron chi connectivity index (χ0n) is 11.2. The van der Waals surface area contributed by atoms with Crippen molar-refractivity contribution in [1.82, 2.24) is 4.90 Å². The standard InChI is InChI=1S/C13H22BrNO3/c1-17-11(18-2)9-15-12(16)10(14)5-3-6-13(15)7-4-8-13/h10-11H,3-9H2,1-2H3. The van der Waals surface area contributed by atoms with Gasteiger partial charge in [0.2, 0.25) is 5.91 Å². The first kappa shape index (κ1) is 14.3. The van der Waals surface area contributed by atoms with Crippen molar-refractivity contribution in [3.8, 4) is 0 Å². The van der Waals surface area contributed by atoms with Crippen LogP contribution in [-0.2, 0) is 14.3 Å². The largest absolute Gasteiger partial charge is 0.354 e. The van der Waals surface area contributed by atoms with Crippen molar-refractivity contribution in [3.63, 3.8) is 0 Å². The molecule has 18 heavy (non-hydrogen) atoms. The van der Waals surface area contributed by atoms with Crippen LogP contribution in [-0.4, -0.2) is 48.2 Å². The van der Waals surface area contributed by atoms with Crippen molar-refractivity contribution in [3.05, 3.63) is 0 Å². The number of likely N-dealkylation sites (tertiary alicyclic amines) is 1. The fourth-order valence-electron chi connectivity index (χ4n) is 3.05. The third-order valence-electron chi connectivity index (χ3n) is 4.35. The van der Waals surface area contributed by atoms with Crippen molar-refractivity contribution in [2.45, 2.75) is 55.2 Å². The van der Waals surface area contributed by atoms with E-state index in [1.54, 1.807) is 14.2 Å². The first-order valence-corrected chi connectivity index (χ1v) is 7.56. The van der Waals surface area contributed by atoms with Gasteiger partial charge in [0, 0.05) is 19.8 Å². The summed E-state index contributed by atoms with van der Waals surface area (Å²) in [7, 11) is 3.24. The number of halogens is 1. The molecule has 2 aliphatic rings. The Balaban J connectivity index is 2.15. The van der Waals surface area contributed by atoms with Gasteiger partial charge >= 0.3 is 0 Å². The molecule has 0 radical (unpaired) electrons. The van der Waals surface area contributed by atoms with E-state index in [2.05, 4.69) is 15.9 Å². The van der Waals surface area contributed by atoms with Crippen LogP contribution in [0.5, 0.6) is 0 Å². The summed E-state index contributed by atoms with van der Waals surface area (Å²) in [4.78, 5) is 14.5. The molecule has 1 aliphatic carbocycles. The second kappa shape index (κ2) is 5.88. The maximum atomic E-state index is 12.5. The van der Waals surface area contributed by atoms with Crippen molar-refractivity contribution in [2.75, 3.05) is 20.8 Å². The van der Waals surface area contributed by atoms with Crippen LogP contribution in [0, 0.1) is 0 Å². The molecule has 1 spiro atoms. The topological polar surface area (TPSA) is 38.8 Å². The van der Waals surface area contributed by atoms with Crippen LogP contribution in [0.15, 0.2) is 0 Å². The number of hydrogen-bond acceptors (Lipinski definition) is 3. The molecule has 1 aliphatic heterocycles. The van der Waals surface area contributed by atoms with Gasteiger partial charge in [-0.15, -0.1) is 0 Å². The van der Waals surface area contributed by atoms with E-state index in [1.165, 1.54) is 6.42 Å². The number of amides is 1. The highest BCUT2D eigenvalue weighted by molar-refractivity contribution is 9.10. The number of alkyl halides is 1. The number of rotatable bonds is 4. The van der Waals surface area contributed by atoms with Gasteiger partial charge in [-0.1, -0.05) is 15.9 Å². The number of carbonyl (C=O) groups excluding carboxylic acids is 1. The highest BCUT2D eigenvalue weighted by Crippen LogP contribution is 2.44. The summed E-state index contributed by atoms with van der Waals surface area (Å²) < 4.78 is 10.5. The molecule has 1 heterocycles. The average molecular weight is 320 g/mol. The quantitative estimate of drug-likeness (QED) is 0.589. The summed E-state index contributed by atoms with van der Waals surface area (Å²) in [5.41, 5.74) is 0.0783. The number of carbonyl (C=O) groups is 1. The van der Waals surface area contributed by atoms with Gasteiger partial charge in [-0.2, -0.15) is 0 Å². The Labute approximate surface area is 117 Å². The van der Waals surface area contributed by atoms with Crippen LogP contribution >= 0.6 is 15.9 Å². The number of nitrogens with zero attached hydrogens (tertiary/aromatic N) is 1. The fourth-order valence-corrected chi connectivity index (χ4v) is 3.63. The molecule has 5 heteroatoms. The third-order valence-corrected chi connectivity index (χ3v) is 5.20. The molecule has 2 fully saturated rings. The Morgan fingerprint density at radius 2 is 1.94 bits per heavy atom. The summed E-state index contributed by atoms with van der Waals surface area (Å²) in [6.45, 7) is 0.536.